The first-order chi connectivity index (χ1) is 12.6. The van der Waals surface area contributed by atoms with E-state index in [4.69, 9.17) is 16.0 Å². The van der Waals surface area contributed by atoms with Gasteiger partial charge in [-0.25, -0.2) is 4.98 Å². The van der Waals surface area contributed by atoms with Gasteiger partial charge in [0.25, 0.3) is 5.91 Å². The zero-order chi connectivity index (χ0) is 18.4. The summed E-state index contributed by atoms with van der Waals surface area (Å²) in [5.41, 5.74) is 1.21. The molecule has 2 N–H and O–H groups in total. The second-order valence-electron chi connectivity index (χ2n) is 5.41. The van der Waals surface area contributed by atoms with Crippen LogP contribution in [0.3, 0.4) is 0 Å². The van der Waals surface area contributed by atoms with Crippen LogP contribution in [0.25, 0.3) is 10.8 Å². The van der Waals surface area contributed by atoms with Crippen LogP contribution in [0, 0.1) is 0 Å². The molecule has 0 bridgehead atoms. The standard InChI is InChI=1S/C18H16ClN3O3S/c19-13-5-3-12(4-6-13)17(24)21-8-7-20-16(23)10-14-11-26-18(22-14)15-2-1-9-25-15/h1-6,9,11H,7-8,10H2,(H,20,23)(H,21,24). The van der Waals surface area contributed by atoms with Crippen molar-refractivity contribution in [2.75, 3.05) is 13.1 Å². The molecular formula is C18H16ClN3O3S. The molecule has 134 valence electrons. The molecule has 0 unspecified atom stereocenters. The third kappa shape index (κ3) is 4.93. The van der Waals surface area contributed by atoms with E-state index < -0.39 is 0 Å². The number of nitrogens with one attached hydrogen (secondary N) is 2. The van der Waals surface area contributed by atoms with Gasteiger partial charge in [0.15, 0.2) is 10.8 Å². The quantitative estimate of drug-likeness (QED) is 0.608. The first-order valence-corrected chi connectivity index (χ1v) is 9.16. The molecule has 3 aromatic rings. The van der Waals surface area contributed by atoms with Crippen molar-refractivity contribution < 1.29 is 14.0 Å². The van der Waals surface area contributed by atoms with Crippen LogP contribution in [0.5, 0.6) is 0 Å². The van der Waals surface area contributed by atoms with E-state index in [-0.39, 0.29) is 18.2 Å². The Balaban J connectivity index is 1.39. The third-order valence-corrected chi connectivity index (χ3v) is 4.62. The predicted molar refractivity (Wildman–Crippen MR) is 100 cm³/mol. The highest BCUT2D eigenvalue weighted by molar-refractivity contribution is 7.13. The van der Waals surface area contributed by atoms with E-state index in [0.29, 0.717) is 35.1 Å². The zero-order valence-electron chi connectivity index (χ0n) is 13.7. The van der Waals surface area contributed by atoms with Gasteiger partial charge in [0.05, 0.1) is 18.4 Å². The summed E-state index contributed by atoms with van der Waals surface area (Å²) in [6, 6.07) is 10.2. The SMILES string of the molecule is O=C(Cc1csc(-c2ccco2)n1)NCCNC(=O)c1ccc(Cl)cc1. The van der Waals surface area contributed by atoms with E-state index in [1.807, 2.05) is 11.4 Å². The van der Waals surface area contributed by atoms with Crippen molar-refractivity contribution in [3.63, 3.8) is 0 Å². The van der Waals surface area contributed by atoms with Crippen molar-refractivity contribution in [2.24, 2.45) is 0 Å². The van der Waals surface area contributed by atoms with Gasteiger partial charge in [-0.1, -0.05) is 11.6 Å². The van der Waals surface area contributed by atoms with Crippen LogP contribution in [0.15, 0.2) is 52.5 Å². The van der Waals surface area contributed by atoms with Crippen LogP contribution in [0.4, 0.5) is 0 Å². The number of carbonyl (C=O) groups is 2. The van der Waals surface area contributed by atoms with Gasteiger partial charge in [-0.05, 0) is 36.4 Å². The summed E-state index contributed by atoms with van der Waals surface area (Å²) >= 11 is 7.22. The lowest BCUT2D eigenvalue weighted by atomic mass is 10.2. The lowest BCUT2D eigenvalue weighted by Crippen LogP contribution is -2.35. The number of amides is 2. The van der Waals surface area contributed by atoms with Gasteiger partial charge in [0.1, 0.15) is 0 Å². The van der Waals surface area contributed by atoms with Gasteiger partial charge in [-0.2, -0.15) is 0 Å². The fourth-order valence-corrected chi connectivity index (χ4v) is 3.12. The summed E-state index contributed by atoms with van der Waals surface area (Å²) in [6.45, 7) is 0.676. The number of halogens is 1. The minimum atomic E-state index is -0.210. The topological polar surface area (TPSA) is 84.2 Å². The zero-order valence-corrected chi connectivity index (χ0v) is 15.3. The highest BCUT2D eigenvalue weighted by atomic mass is 35.5. The summed E-state index contributed by atoms with van der Waals surface area (Å²) in [5.74, 6) is 0.326. The van der Waals surface area contributed by atoms with E-state index in [9.17, 15) is 9.59 Å². The minimum absolute atomic E-state index is 0.151. The molecule has 0 saturated heterocycles. The van der Waals surface area contributed by atoms with E-state index in [1.54, 1.807) is 36.6 Å². The molecule has 26 heavy (non-hydrogen) atoms. The van der Waals surface area contributed by atoms with Crippen LogP contribution in [0.2, 0.25) is 5.02 Å². The molecule has 0 radical (unpaired) electrons. The summed E-state index contributed by atoms with van der Waals surface area (Å²) < 4.78 is 5.28. The number of furan rings is 1. The van der Waals surface area contributed by atoms with E-state index in [0.717, 1.165) is 5.01 Å². The monoisotopic (exact) mass is 389 g/mol. The summed E-state index contributed by atoms with van der Waals surface area (Å²) in [7, 11) is 0. The molecule has 0 spiro atoms. The van der Waals surface area contributed by atoms with Crippen LogP contribution in [-0.2, 0) is 11.2 Å². The van der Waals surface area contributed by atoms with Gasteiger partial charge >= 0.3 is 0 Å². The largest absolute Gasteiger partial charge is 0.462 e. The molecule has 1 aromatic carbocycles. The highest BCUT2D eigenvalue weighted by Crippen LogP contribution is 2.23. The molecule has 6 nitrogen and oxygen atoms in total. The molecule has 0 atom stereocenters. The van der Waals surface area contributed by atoms with Gasteiger partial charge in [-0.15, -0.1) is 11.3 Å². The molecule has 0 saturated carbocycles. The Hall–Kier alpha value is -2.64. The van der Waals surface area contributed by atoms with Crippen LogP contribution < -0.4 is 10.6 Å². The number of carbonyl (C=O) groups excluding carboxylic acids is 2. The van der Waals surface area contributed by atoms with E-state index in [2.05, 4.69) is 15.6 Å². The summed E-state index contributed by atoms with van der Waals surface area (Å²) in [5, 5.41) is 8.65. The lowest BCUT2D eigenvalue weighted by molar-refractivity contribution is -0.120. The molecule has 2 heterocycles. The molecule has 3 rings (SSSR count). The van der Waals surface area contributed by atoms with Crippen molar-refractivity contribution >= 4 is 34.8 Å². The molecule has 0 aliphatic rings. The lowest BCUT2D eigenvalue weighted by Gasteiger charge is -2.07. The van der Waals surface area contributed by atoms with Crippen LogP contribution in [0.1, 0.15) is 16.1 Å². The van der Waals surface area contributed by atoms with Crippen molar-refractivity contribution in [1.29, 1.82) is 0 Å². The third-order valence-electron chi connectivity index (χ3n) is 3.46. The van der Waals surface area contributed by atoms with Crippen molar-refractivity contribution in [1.82, 2.24) is 15.6 Å². The number of hydrogen-bond acceptors (Lipinski definition) is 5. The Kier molecular flexibility index (Phi) is 6.04. The van der Waals surface area contributed by atoms with Crippen molar-refractivity contribution in [2.45, 2.75) is 6.42 Å². The Morgan fingerprint density at radius 3 is 2.62 bits per heavy atom. The number of aromatic nitrogens is 1. The van der Waals surface area contributed by atoms with E-state index >= 15 is 0 Å². The fourth-order valence-electron chi connectivity index (χ4n) is 2.21. The second kappa shape index (κ2) is 8.64. The number of nitrogens with zero attached hydrogens (tertiary/aromatic N) is 1. The number of rotatable bonds is 7. The normalized spacial score (nSPS) is 10.5. The molecule has 0 aliphatic carbocycles. The Morgan fingerprint density at radius 1 is 1.12 bits per heavy atom. The average molecular weight is 390 g/mol. The van der Waals surface area contributed by atoms with E-state index in [1.165, 1.54) is 11.3 Å². The predicted octanol–water partition coefficient (Wildman–Crippen LogP) is 3.15. The van der Waals surface area contributed by atoms with Crippen molar-refractivity contribution in [3.05, 3.63) is 64.3 Å². The van der Waals surface area contributed by atoms with Crippen LogP contribution in [-0.4, -0.2) is 29.9 Å². The molecular weight excluding hydrogens is 374 g/mol. The summed E-state index contributed by atoms with van der Waals surface area (Å²) in [6.07, 6.45) is 1.77. The maximum absolute atomic E-state index is 12.0. The number of benzene rings is 1. The molecule has 8 heteroatoms. The Morgan fingerprint density at radius 2 is 1.88 bits per heavy atom. The summed E-state index contributed by atoms with van der Waals surface area (Å²) in [4.78, 5) is 28.3. The number of hydrogen-bond donors (Lipinski definition) is 2. The maximum Gasteiger partial charge on any atom is 0.251 e. The molecule has 0 aliphatic heterocycles. The highest BCUT2D eigenvalue weighted by Gasteiger charge is 2.10. The maximum atomic E-state index is 12.0. The van der Waals surface area contributed by atoms with Gasteiger partial charge < -0.3 is 15.1 Å². The second-order valence-corrected chi connectivity index (χ2v) is 6.71. The van der Waals surface area contributed by atoms with Gasteiger partial charge in [0, 0.05) is 29.1 Å². The van der Waals surface area contributed by atoms with Gasteiger partial charge in [0.2, 0.25) is 5.91 Å². The molecule has 0 fully saturated rings. The smallest absolute Gasteiger partial charge is 0.251 e. The van der Waals surface area contributed by atoms with Crippen LogP contribution >= 0.6 is 22.9 Å². The first-order valence-electron chi connectivity index (χ1n) is 7.90. The molecule has 2 aromatic heterocycles. The minimum Gasteiger partial charge on any atom is -0.462 e. The first kappa shape index (κ1) is 18.2. The Bertz CT molecular complexity index is 875. The number of thiazole rings is 1. The molecule has 2 amide bonds. The Labute approximate surface area is 159 Å². The average Bonchev–Trinajstić information content (AvgIpc) is 3.30. The van der Waals surface area contributed by atoms with Gasteiger partial charge in [-0.3, -0.25) is 9.59 Å². The fraction of sp³-hybridized carbons (Fsp3) is 0.167. The van der Waals surface area contributed by atoms with Crippen molar-refractivity contribution in [3.8, 4) is 10.8 Å².